The largest absolute Gasteiger partial charge is 0.396 e. The van der Waals surface area contributed by atoms with Crippen molar-refractivity contribution in [3.63, 3.8) is 0 Å². The van der Waals surface area contributed by atoms with Crippen LogP contribution in [0.2, 0.25) is 0 Å². The van der Waals surface area contributed by atoms with E-state index in [9.17, 15) is 5.11 Å². The maximum atomic E-state index is 9.25. The maximum Gasteiger partial charge on any atom is 0.0460 e. The van der Waals surface area contributed by atoms with E-state index in [0.29, 0.717) is 12.5 Å². The summed E-state index contributed by atoms with van der Waals surface area (Å²) in [6.07, 6.45) is 4.66. The van der Waals surface area contributed by atoms with Gasteiger partial charge in [0.15, 0.2) is 0 Å². The second-order valence-electron chi connectivity index (χ2n) is 7.53. The second-order valence-corrected chi connectivity index (χ2v) is 7.53. The average molecular weight is 332 g/mol. The van der Waals surface area contributed by atoms with Gasteiger partial charge in [0, 0.05) is 51.6 Å². The first-order valence-corrected chi connectivity index (χ1v) is 9.60. The first-order valence-electron chi connectivity index (χ1n) is 9.60. The molecule has 4 heteroatoms. The lowest BCUT2D eigenvalue weighted by atomic mass is 9.97. The Morgan fingerprint density at radius 2 is 1.62 bits per heavy atom. The zero-order valence-electron chi connectivity index (χ0n) is 15.2. The number of benzene rings is 1. The molecule has 0 amide bonds. The molecular weight excluding hydrogens is 298 g/mol. The average Bonchev–Trinajstić information content (AvgIpc) is 2.64. The summed E-state index contributed by atoms with van der Waals surface area (Å²) in [7, 11) is 2.21. The molecule has 4 nitrogen and oxygen atoms in total. The fourth-order valence-corrected chi connectivity index (χ4v) is 3.83. The van der Waals surface area contributed by atoms with Crippen LogP contribution < -0.4 is 4.90 Å². The van der Waals surface area contributed by atoms with Gasteiger partial charge in [-0.15, -0.1) is 0 Å². The molecule has 2 aliphatic rings. The normalized spacial score (nSPS) is 21.3. The van der Waals surface area contributed by atoms with Gasteiger partial charge in [0.05, 0.1) is 0 Å². The number of aryl methyl sites for hydroxylation is 1. The van der Waals surface area contributed by atoms with Gasteiger partial charge in [-0.2, -0.15) is 0 Å². The van der Waals surface area contributed by atoms with E-state index in [1.54, 1.807) is 0 Å². The van der Waals surface area contributed by atoms with Crippen LogP contribution in [0.4, 0.5) is 5.69 Å². The Balaban J connectivity index is 1.40. The van der Waals surface area contributed by atoms with Crippen molar-refractivity contribution in [2.45, 2.75) is 25.7 Å². The second kappa shape index (κ2) is 8.84. The molecule has 0 unspecified atom stereocenters. The van der Waals surface area contributed by atoms with Crippen LogP contribution in [0.5, 0.6) is 0 Å². The number of piperidine rings is 1. The summed E-state index contributed by atoms with van der Waals surface area (Å²) in [4.78, 5) is 7.47. The van der Waals surface area contributed by atoms with E-state index in [0.717, 1.165) is 25.9 Å². The van der Waals surface area contributed by atoms with Crippen LogP contribution in [0.25, 0.3) is 0 Å². The molecule has 1 N–H and O–H groups in total. The third kappa shape index (κ3) is 4.95. The molecule has 3 rings (SSSR count). The van der Waals surface area contributed by atoms with Crippen molar-refractivity contribution in [2.24, 2.45) is 5.92 Å². The van der Waals surface area contributed by atoms with E-state index in [1.165, 1.54) is 56.8 Å². The Morgan fingerprint density at radius 1 is 0.958 bits per heavy atom. The molecule has 24 heavy (non-hydrogen) atoms. The molecule has 0 atom stereocenters. The van der Waals surface area contributed by atoms with Crippen molar-refractivity contribution in [1.29, 1.82) is 0 Å². The smallest absolute Gasteiger partial charge is 0.0460 e. The zero-order chi connectivity index (χ0) is 16.8. The van der Waals surface area contributed by atoms with Gasteiger partial charge in [0.2, 0.25) is 0 Å². The van der Waals surface area contributed by atoms with Crippen molar-refractivity contribution in [3.05, 3.63) is 29.8 Å². The minimum Gasteiger partial charge on any atom is -0.396 e. The Hall–Kier alpha value is -1.10. The first kappa shape index (κ1) is 17.7. The highest BCUT2D eigenvalue weighted by atomic mass is 16.3. The predicted molar refractivity (Wildman–Crippen MR) is 101 cm³/mol. The number of nitrogens with zero attached hydrogens (tertiary/aromatic N) is 3. The lowest BCUT2D eigenvalue weighted by Crippen LogP contribution is -2.44. The zero-order valence-corrected chi connectivity index (χ0v) is 15.2. The van der Waals surface area contributed by atoms with Crippen LogP contribution in [0, 0.1) is 5.92 Å². The van der Waals surface area contributed by atoms with Gasteiger partial charge in [-0.3, -0.25) is 0 Å². The Labute approximate surface area is 147 Å². The number of hydrogen-bond donors (Lipinski definition) is 1. The van der Waals surface area contributed by atoms with Crippen molar-refractivity contribution >= 4 is 5.69 Å². The molecule has 0 bridgehead atoms. The summed E-state index contributed by atoms with van der Waals surface area (Å²) >= 11 is 0. The molecule has 0 radical (unpaired) electrons. The fourth-order valence-electron chi connectivity index (χ4n) is 3.83. The predicted octanol–water partition coefficient (Wildman–Crippen LogP) is 2.08. The number of aliphatic hydroxyl groups is 1. The van der Waals surface area contributed by atoms with Gasteiger partial charge in [-0.1, -0.05) is 12.1 Å². The minimum absolute atomic E-state index is 0.347. The van der Waals surface area contributed by atoms with Gasteiger partial charge in [-0.25, -0.2) is 0 Å². The third-order valence-electron chi connectivity index (χ3n) is 5.71. The third-order valence-corrected chi connectivity index (χ3v) is 5.71. The number of aliphatic hydroxyl groups excluding tert-OH is 1. The number of hydrogen-bond acceptors (Lipinski definition) is 4. The van der Waals surface area contributed by atoms with Crippen LogP contribution in [-0.4, -0.2) is 74.4 Å². The summed E-state index contributed by atoms with van der Waals surface area (Å²) < 4.78 is 0. The van der Waals surface area contributed by atoms with Crippen molar-refractivity contribution in [2.75, 3.05) is 64.4 Å². The van der Waals surface area contributed by atoms with E-state index in [2.05, 4.69) is 46.0 Å². The van der Waals surface area contributed by atoms with Crippen LogP contribution in [0.1, 0.15) is 24.8 Å². The molecule has 2 fully saturated rings. The quantitative estimate of drug-likeness (QED) is 0.864. The molecule has 2 saturated heterocycles. The monoisotopic (exact) mass is 331 g/mol. The highest BCUT2D eigenvalue weighted by molar-refractivity contribution is 5.48. The van der Waals surface area contributed by atoms with Gasteiger partial charge < -0.3 is 19.8 Å². The standard InChI is InChI=1S/C20H33N3O/c1-21-13-15-22(16-14-21)10-2-3-18-4-6-20(7-5-18)23-11-8-19(17-24)9-12-23/h4-7,19,24H,2-3,8-17H2,1H3. The van der Waals surface area contributed by atoms with E-state index >= 15 is 0 Å². The van der Waals surface area contributed by atoms with E-state index in [-0.39, 0.29) is 0 Å². The summed E-state index contributed by atoms with van der Waals surface area (Å²) in [5.74, 6) is 0.509. The summed E-state index contributed by atoms with van der Waals surface area (Å²) in [5.41, 5.74) is 2.80. The lowest BCUT2D eigenvalue weighted by molar-refractivity contribution is 0.153. The van der Waals surface area contributed by atoms with E-state index < -0.39 is 0 Å². The van der Waals surface area contributed by atoms with Gasteiger partial charge >= 0.3 is 0 Å². The van der Waals surface area contributed by atoms with Crippen LogP contribution in [-0.2, 0) is 6.42 Å². The van der Waals surface area contributed by atoms with Crippen molar-refractivity contribution < 1.29 is 5.11 Å². The van der Waals surface area contributed by atoms with E-state index in [4.69, 9.17) is 0 Å². The molecule has 1 aromatic carbocycles. The van der Waals surface area contributed by atoms with Gasteiger partial charge in [0.1, 0.15) is 0 Å². The molecule has 2 heterocycles. The van der Waals surface area contributed by atoms with Gasteiger partial charge in [0.25, 0.3) is 0 Å². The highest BCUT2D eigenvalue weighted by Gasteiger charge is 2.18. The summed E-state index contributed by atoms with van der Waals surface area (Å²) in [5, 5.41) is 9.25. The molecule has 1 aromatic rings. The van der Waals surface area contributed by atoms with Crippen LogP contribution in [0.15, 0.2) is 24.3 Å². The Morgan fingerprint density at radius 3 is 2.25 bits per heavy atom. The fraction of sp³-hybridized carbons (Fsp3) is 0.700. The topological polar surface area (TPSA) is 30.0 Å². The van der Waals surface area contributed by atoms with Gasteiger partial charge in [-0.05, 0) is 62.9 Å². The van der Waals surface area contributed by atoms with Crippen LogP contribution >= 0.6 is 0 Å². The number of likely N-dealkylation sites (N-methyl/N-ethyl adjacent to an activating group) is 1. The Bertz CT molecular complexity index is 474. The SMILES string of the molecule is CN1CCN(CCCc2ccc(N3CCC(CO)CC3)cc2)CC1. The summed E-state index contributed by atoms with van der Waals surface area (Å²) in [6, 6.07) is 9.17. The molecular formula is C20H33N3O. The maximum absolute atomic E-state index is 9.25. The Kier molecular flexibility index (Phi) is 6.52. The lowest BCUT2D eigenvalue weighted by Gasteiger charge is -2.33. The molecule has 0 aliphatic carbocycles. The van der Waals surface area contributed by atoms with E-state index in [1.807, 2.05) is 0 Å². The molecule has 0 aromatic heterocycles. The van der Waals surface area contributed by atoms with Crippen LogP contribution in [0.3, 0.4) is 0 Å². The number of rotatable bonds is 6. The van der Waals surface area contributed by atoms with Crippen molar-refractivity contribution in [3.8, 4) is 0 Å². The molecule has 0 spiro atoms. The number of piperazine rings is 1. The molecule has 134 valence electrons. The number of anilines is 1. The first-order chi connectivity index (χ1) is 11.7. The summed E-state index contributed by atoms with van der Waals surface area (Å²) in [6.45, 7) is 8.59. The highest BCUT2D eigenvalue weighted by Crippen LogP contribution is 2.23. The molecule has 0 saturated carbocycles. The minimum atomic E-state index is 0.347. The molecule has 2 aliphatic heterocycles. The van der Waals surface area contributed by atoms with Crippen molar-refractivity contribution in [1.82, 2.24) is 9.80 Å².